The highest BCUT2D eigenvalue weighted by Crippen LogP contribution is 2.20. The number of nitrogens with one attached hydrogen (secondary N) is 1. The van der Waals surface area contributed by atoms with E-state index in [2.05, 4.69) is 18.3 Å². The molecule has 0 bridgehead atoms. The molecule has 1 saturated carbocycles. The summed E-state index contributed by atoms with van der Waals surface area (Å²) in [6, 6.07) is 0. The van der Waals surface area contributed by atoms with Crippen molar-refractivity contribution in [3.8, 4) is 0 Å². The van der Waals surface area contributed by atoms with Crippen LogP contribution < -0.4 is 5.32 Å². The molecule has 1 fully saturated rings. The van der Waals surface area contributed by atoms with E-state index in [1.165, 1.54) is 122 Å². The van der Waals surface area contributed by atoms with Gasteiger partial charge in [-0.15, -0.1) is 0 Å². The van der Waals surface area contributed by atoms with E-state index >= 15 is 0 Å². The van der Waals surface area contributed by atoms with Crippen molar-refractivity contribution in [3.63, 3.8) is 0 Å². The van der Waals surface area contributed by atoms with Gasteiger partial charge in [0.15, 0.2) is 0 Å². The zero-order valence-electron chi connectivity index (χ0n) is 16.7. The number of allylic oxidation sites excluding steroid dienone is 1. The van der Waals surface area contributed by atoms with Crippen molar-refractivity contribution in [3.05, 3.63) is 11.6 Å². The minimum Gasteiger partial charge on any atom is -0.313 e. The average Bonchev–Trinajstić information content (AvgIpc) is 2.65. The molecule has 0 unspecified atom stereocenters. The Morgan fingerprint density at radius 3 is 1.75 bits per heavy atom. The first-order valence-electron chi connectivity index (χ1n) is 11.3. The number of hydrogen-bond donors (Lipinski definition) is 1. The Hall–Kier alpha value is -0.300. The topological polar surface area (TPSA) is 12.0 Å². The zero-order valence-corrected chi connectivity index (χ0v) is 16.7. The van der Waals surface area contributed by atoms with Crippen LogP contribution in [0.3, 0.4) is 0 Å². The lowest BCUT2D eigenvalue weighted by molar-refractivity contribution is 0.562. The van der Waals surface area contributed by atoms with E-state index in [1.54, 1.807) is 5.57 Å². The van der Waals surface area contributed by atoms with E-state index in [1.807, 2.05) is 0 Å². The Labute approximate surface area is 153 Å². The fourth-order valence-electron chi connectivity index (χ4n) is 3.80. The van der Waals surface area contributed by atoms with Gasteiger partial charge in [-0.2, -0.15) is 0 Å². The molecule has 0 saturated heterocycles. The standard InChI is InChI=1S/C23H45N/c1-2-3-4-5-6-11-14-17-21-24-22-20-23-18-15-12-9-7-8-10-13-16-19-23/h20,24H,2-19,21-22H2,1H3. The normalized spacial score (nSPS) is 17.5. The fourth-order valence-corrected chi connectivity index (χ4v) is 3.80. The van der Waals surface area contributed by atoms with Gasteiger partial charge in [-0.1, -0.05) is 102 Å². The Morgan fingerprint density at radius 2 is 1.17 bits per heavy atom. The predicted molar refractivity (Wildman–Crippen MR) is 110 cm³/mol. The second-order valence-electron chi connectivity index (χ2n) is 7.87. The quantitative estimate of drug-likeness (QED) is 0.303. The molecule has 0 radical (unpaired) electrons. The molecule has 0 aromatic carbocycles. The predicted octanol–water partition coefficient (Wildman–Crippen LogP) is 7.56. The second kappa shape index (κ2) is 17.5. The molecule has 24 heavy (non-hydrogen) atoms. The van der Waals surface area contributed by atoms with Gasteiger partial charge in [0.1, 0.15) is 0 Å². The summed E-state index contributed by atoms with van der Waals surface area (Å²) in [5.41, 5.74) is 1.74. The van der Waals surface area contributed by atoms with Crippen molar-refractivity contribution in [2.45, 2.75) is 122 Å². The van der Waals surface area contributed by atoms with Crippen molar-refractivity contribution in [1.29, 1.82) is 0 Å². The van der Waals surface area contributed by atoms with Gasteiger partial charge in [-0.05, 0) is 38.6 Å². The van der Waals surface area contributed by atoms with E-state index in [4.69, 9.17) is 0 Å². The van der Waals surface area contributed by atoms with Crippen LogP contribution in [0.5, 0.6) is 0 Å². The SMILES string of the molecule is CCCCCCCCCCNCC=C1CCCCCCCCCC1. The zero-order chi connectivity index (χ0) is 17.1. The van der Waals surface area contributed by atoms with E-state index in [-0.39, 0.29) is 0 Å². The van der Waals surface area contributed by atoms with Gasteiger partial charge >= 0.3 is 0 Å². The molecule has 0 aromatic rings. The third-order valence-corrected chi connectivity index (χ3v) is 5.49. The van der Waals surface area contributed by atoms with Crippen molar-refractivity contribution in [1.82, 2.24) is 5.32 Å². The molecular weight excluding hydrogens is 290 g/mol. The van der Waals surface area contributed by atoms with E-state index in [0.29, 0.717) is 0 Å². The molecule has 0 heterocycles. The van der Waals surface area contributed by atoms with Crippen LogP contribution in [0.4, 0.5) is 0 Å². The van der Waals surface area contributed by atoms with Gasteiger partial charge in [0, 0.05) is 6.54 Å². The summed E-state index contributed by atoms with van der Waals surface area (Å²) >= 11 is 0. The lowest BCUT2D eigenvalue weighted by Crippen LogP contribution is -2.15. The maximum absolute atomic E-state index is 3.64. The largest absolute Gasteiger partial charge is 0.313 e. The van der Waals surface area contributed by atoms with Gasteiger partial charge < -0.3 is 5.32 Å². The molecule has 1 N–H and O–H groups in total. The number of unbranched alkanes of at least 4 members (excludes halogenated alkanes) is 7. The molecule has 1 heteroatoms. The van der Waals surface area contributed by atoms with Gasteiger partial charge in [-0.3, -0.25) is 0 Å². The van der Waals surface area contributed by atoms with Crippen molar-refractivity contribution < 1.29 is 0 Å². The average molecular weight is 336 g/mol. The number of rotatable bonds is 11. The first-order valence-corrected chi connectivity index (χ1v) is 11.3. The molecule has 1 aliphatic carbocycles. The van der Waals surface area contributed by atoms with Crippen LogP contribution in [0.25, 0.3) is 0 Å². The maximum Gasteiger partial charge on any atom is 0.0137 e. The van der Waals surface area contributed by atoms with Crippen LogP contribution in [0.1, 0.15) is 122 Å². The lowest BCUT2D eigenvalue weighted by atomic mass is 10.0. The van der Waals surface area contributed by atoms with Gasteiger partial charge in [0.2, 0.25) is 0 Å². The molecule has 0 aromatic heterocycles. The minimum atomic E-state index is 1.10. The van der Waals surface area contributed by atoms with Crippen LogP contribution in [0, 0.1) is 0 Å². The summed E-state index contributed by atoms with van der Waals surface area (Å²) in [4.78, 5) is 0. The molecule has 0 aliphatic heterocycles. The molecule has 1 nitrogen and oxygen atoms in total. The van der Waals surface area contributed by atoms with Crippen molar-refractivity contribution >= 4 is 0 Å². The number of hydrogen-bond acceptors (Lipinski definition) is 1. The van der Waals surface area contributed by atoms with Crippen molar-refractivity contribution in [2.75, 3.05) is 13.1 Å². The molecule has 142 valence electrons. The highest BCUT2D eigenvalue weighted by atomic mass is 14.8. The summed E-state index contributed by atoms with van der Waals surface area (Å²) in [5, 5.41) is 3.64. The van der Waals surface area contributed by atoms with Crippen LogP contribution in [0.2, 0.25) is 0 Å². The molecule has 0 atom stereocenters. The smallest absolute Gasteiger partial charge is 0.0137 e. The van der Waals surface area contributed by atoms with E-state index < -0.39 is 0 Å². The Bertz CT molecular complexity index is 268. The molecule has 1 rings (SSSR count). The highest BCUT2D eigenvalue weighted by molar-refractivity contribution is 5.03. The lowest BCUT2D eigenvalue weighted by Gasteiger charge is -2.08. The Kier molecular flexibility index (Phi) is 15.9. The van der Waals surface area contributed by atoms with Crippen LogP contribution >= 0.6 is 0 Å². The highest BCUT2D eigenvalue weighted by Gasteiger charge is 2.01. The molecule has 0 spiro atoms. The third-order valence-electron chi connectivity index (χ3n) is 5.49. The maximum atomic E-state index is 3.64. The van der Waals surface area contributed by atoms with Crippen LogP contribution in [-0.4, -0.2) is 13.1 Å². The summed E-state index contributed by atoms with van der Waals surface area (Å²) in [5.74, 6) is 0. The third kappa shape index (κ3) is 14.1. The Balaban J connectivity index is 1.98. The monoisotopic (exact) mass is 335 g/mol. The second-order valence-corrected chi connectivity index (χ2v) is 7.87. The van der Waals surface area contributed by atoms with Crippen LogP contribution in [0.15, 0.2) is 11.6 Å². The fraction of sp³-hybridized carbons (Fsp3) is 0.913. The van der Waals surface area contributed by atoms with Gasteiger partial charge in [0.25, 0.3) is 0 Å². The summed E-state index contributed by atoms with van der Waals surface area (Å²) < 4.78 is 0. The summed E-state index contributed by atoms with van der Waals surface area (Å²) in [7, 11) is 0. The van der Waals surface area contributed by atoms with E-state index in [9.17, 15) is 0 Å². The Morgan fingerprint density at radius 1 is 0.667 bits per heavy atom. The molecule has 0 amide bonds. The molecule has 1 aliphatic rings. The first kappa shape index (κ1) is 21.7. The van der Waals surface area contributed by atoms with Gasteiger partial charge in [-0.25, -0.2) is 0 Å². The minimum absolute atomic E-state index is 1.10. The van der Waals surface area contributed by atoms with E-state index in [0.717, 1.165) is 6.54 Å². The first-order chi connectivity index (χ1) is 11.9. The van der Waals surface area contributed by atoms with Gasteiger partial charge in [0.05, 0.1) is 0 Å². The summed E-state index contributed by atoms with van der Waals surface area (Å²) in [6.07, 6.45) is 28.2. The van der Waals surface area contributed by atoms with Crippen molar-refractivity contribution in [2.24, 2.45) is 0 Å². The molecular formula is C23H45N. The summed E-state index contributed by atoms with van der Waals surface area (Å²) in [6.45, 7) is 4.60. The van der Waals surface area contributed by atoms with Crippen LogP contribution in [-0.2, 0) is 0 Å².